The Bertz CT molecular complexity index is 889. The zero-order chi connectivity index (χ0) is 17.1. The SMILES string of the molecule is Cc1c(Cl)cccc1C[C@@H](Oc1ccc2ccccc2c1)C(=O)O. The molecule has 0 unspecified atom stereocenters. The molecule has 0 aliphatic carbocycles. The maximum atomic E-state index is 11.6. The van der Waals surface area contributed by atoms with Crippen molar-refractivity contribution in [3.63, 3.8) is 0 Å². The number of carbonyl (C=O) groups is 1. The number of carboxylic acid groups (broad SMARTS) is 1. The normalized spacial score (nSPS) is 12.1. The van der Waals surface area contributed by atoms with Gasteiger partial charge in [0.1, 0.15) is 5.75 Å². The van der Waals surface area contributed by atoms with Crippen molar-refractivity contribution in [2.75, 3.05) is 0 Å². The van der Waals surface area contributed by atoms with Crippen LogP contribution in [-0.2, 0) is 11.2 Å². The molecule has 0 saturated carbocycles. The van der Waals surface area contributed by atoms with Gasteiger partial charge in [-0.15, -0.1) is 0 Å². The summed E-state index contributed by atoms with van der Waals surface area (Å²) in [5.41, 5.74) is 1.75. The molecule has 1 atom stereocenters. The summed E-state index contributed by atoms with van der Waals surface area (Å²) in [6.45, 7) is 1.88. The minimum atomic E-state index is -0.998. The van der Waals surface area contributed by atoms with Crippen molar-refractivity contribution in [1.82, 2.24) is 0 Å². The third-order valence-corrected chi connectivity index (χ3v) is 4.47. The predicted octanol–water partition coefficient (Wildman–Crippen LogP) is 4.88. The van der Waals surface area contributed by atoms with Crippen LogP contribution >= 0.6 is 11.6 Å². The Kier molecular flexibility index (Phi) is 4.72. The number of rotatable bonds is 5. The Morgan fingerprint density at radius 2 is 1.83 bits per heavy atom. The van der Waals surface area contributed by atoms with Crippen LogP contribution in [0.3, 0.4) is 0 Å². The summed E-state index contributed by atoms with van der Waals surface area (Å²) in [5.74, 6) is -0.455. The molecule has 1 N–H and O–H groups in total. The minimum absolute atomic E-state index is 0.258. The zero-order valence-electron chi connectivity index (χ0n) is 13.2. The van der Waals surface area contributed by atoms with Crippen LogP contribution in [0.15, 0.2) is 60.7 Å². The number of hydrogen-bond donors (Lipinski definition) is 1. The third kappa shape index (κ3) is 3.52. The Hall–Kier alpha value is -2.52. The first-order valence-corrected chi connectivity index (χ1v) is 8.04. The molecule has 0 radical (unpaired) electrons. The lowest BCUT2D eigenvalue weighted by molar-refractivity contribution is -0.145. The fourth-order valence-corrected chi connectivity index (χ4v) is 2.85. The van der Waals surface area contributed by atoms with Crippen molar-refractivity contribution in [2.45, 2.75) is 19.4 Å². The van der Waals surface area contributed by atoms with E-state index in [9.17, 15) is 9.90 Å². The average Bonchev–Trinajstić information content (AvgIpc) is 2.58. The van der Waals surface area contributed by atoms with E-state index in [1.165, 1.54) is 0 Å². The van der Waals surface area contributed by atoms with E-state index in [0.717, 1.165) is 21.9 Å². The van der Waals surface area contributed by atoms with Gasteiger partial charge in [-0.25, -0.2) is 4.79 Å². The molecule has 24 heavy (non-hydrogen) atoms. The van der Waals surface area contributed by atoms with Crippen LogP contribution < -0.4 is 4.74 Å². The molecule has 0 aromatic heterocycles. The van der Waals surface area contributed by atoms with Gasteiger partial charge in [0.2, 0.25) is 0 Å². The first-order chi connectivity index (χ1) is 11.5. The molecule has 0 aliphatic rings. The summed E-state index contributed by atoms with van der Waals surface area (Å²) >= 11 is 6.11. The van der Waals surface area contributed by atoms with Crippen molar-refractivity contribution in [2.24, 2.45) is 0 Å². The molecule has 0 fully saturated rings. The second kappa shape index (κ2) is 6.93. The second-order valence-electron chi connectivity index (χ2n) is 5.68. The van der Waals surface area contributed by atoms with Gasteiger partial charge in [-0.1, -0.05) is 54.1 Å². The van der Waals surface area contributed by atoms with E-state index in [4.69, 9.17) is 16.3 Å². The standard InChI is InChI=1S/C20H17ClO3/c1-13-15(7-4-8-18(13)21)12-19(20(22)23)24-17-10-9-14-5-2-3-6-16(14)11-17/h2-11,19H,12H2,1H3,(H,22,23)/t19-/m1/s1. The molecule has 4 heteroatoms. The predicted molar refractivity (Wildman–Crippen MR) is 95.9 cm³/mol. The molecule has 0 saturated heterocycles. The van der Waals surface area contributed by atoms with Gasteiger partial charge in [0.05, 0.1) is 0 Å². The average molecular weight is 341 g/mol. The van der Waals surface area contributed by atoms with E-state index in [0.29, 0.717) is 10.8 Å². The molecular weight excluding hydrogens is 324 g/mol. The molecule has 3 nitrogen and oxygen atoms in total. The van der Waals surface area contributed by atoms with Crippen molar-refractivity contribution in [1.29, 1.82) is 0 Å². The van der Waals surface area contributed by atoms with Crippen LogP contribution in [0.1, 0.15) is 11.1 Å². The van der Waals surface area contributed by atoms with Crippen LogP contribution in [0.5, 0.6) is 5.75 Å². The van der Waals surface area contributed by atoms with Crippen LogP contribution in [0.4, 0.5) is 0 Å². The highest BCUT2D eigenvalue weighted by atomic mass is 35.5. The highest BCUT2D eigenvalue weighted by Crippen LogP contribution is 2.24. The Labute approximate surface area is 145 Å². The van der Waals surface area contributed by atoms with E-state index < -0.39 is 12.1 Å². The molecule has 0 aliphatic heterocycles. The van der Waals surface area contributed by atoms with Gasteiger partial charge in [0, 0.05) is 11.4 Å². The van der Waals surface area contributed by atoms with E-state index in [1.807, 2.05) is 55.5 Å². The molecule has 0 bridgehead atoms. The van der Waals surface area contributed by atoms with Gasteiger partial charge in [-0.05, 0) is 47.0 Å². The fourth-order valence-electron chi connectivity index (χ4n) is 2.66. The number of carboxylic acids is 1. The minimum Gasteiger partial charge on any atom is -0.478 e. The summed E-state index contributed by atoms with van der Waals surface area (Å²) in [5, 5.41) is 12.2. The van der Waals surface area contributed by atoms with Crippen LogP contribution in [0.25, 0.3) is 10.8 Å². The Morgan fingerprint density at radius 1 is 1.08 bits per heavy atom. The van der Waals surface area contributed by atoms with Crippen molar-refractivity contribution < 1.29 is 14.6 Å². The Morgan fingerprint density at radius 3 is 2.58 bits per heavy atom. The lowest BCUT2D eigenvalue weighted by atomic mass is 10.0. The third-order valence-electron chi connectivity index (χ3n) is 4.06. The molecule has 3 aromatic carbocycles. The second-order valence-corrected chi connectivity index (χ2v) is 6.09. The summed E-state index contributed by atoms with van der Waals surface area (Å²) < 4.78 is 5.74. The number of halogens is 1. The van der Waals surface area contributed by atoms with E-state index >= 15 is 0 Å². The summed E-state index contributed by atoms with van der Waals surface area (Å²) in [6.07, 6.45) is -0.711. The summed E-state index contributed by atoms with van der Waals surface area (Å²) in [7, 11) is 0. The van der Waals surface area contributed by atoms with Crippen LogP contribution in [0.2, 0.25) is 5.02 Å². The van der Waals surface area contributed by atoms with E-state index in [2.05, 4.69) is 0 Å². The number of benzene rings is 3. The first-order valence-electron chi connectivity index (χ1n) is 7.67. The van der Waals surface area contributed by atoms with Crippen molar-refractivity contribution in [3.05, 3.63) is 76.8 Å². The first kappa shape index (κ1) is 16.3. The van der Waals surface area contributed by atoms with Crippen LogP contribution in [0, 0.1) is 6.92 Å². The fraction of sp³-hybridized carbons (Fsp3) is 0.150. The maximum Gasteiger partial charge on any atom is 0.345 e. The quantitative estimate of drug-likeness (QED) is 0.720. The highest BCUT2D eigenvalue weighted by Gasteiger charge is 2.21. The van der Waals surface area contributed by atoms with Gasteiger partial charge in [0.15, 0.2) is 6.10 Å². The van der Waals surface area contributed by atoms with Gasteiger partial charge < -0.3 is 9.84 Å². The topological polar surface area (TPSA) is 46.5 Å². The number of ether oxygens (including phenoxy) is 1. The van der Waals surface area contributed by atoms with Gasteiger partial charge in [-0.2, -0.15) is 0 Å². The van der Waals surface area contributed by atoms with Crippen molar-refractivity contribution in [3.8, 4) is 5.75 Å². The smallest absolute Gasteiger partial charge is 0.345 e. The molecule has 122 valence electrons. The molecule has 0 amide bonds. The molecule has 0 heterocycles. The maximum absolute atomic E-state index is 11.6. The largest absolute Gasteiger partial charge is 0.478 e. The summed E-state index contributed by atoms with van der Waals surface area (Å²) in [4.78, 5) is 11.6. The molecule has 0 spiro atoms. The lowest BCUT2D eigenvalue weighted by Gasteiger charge is -2.17. The number of aliphatic carboxylic acids is 1. The van der Waals surface area contributed by atoms with Crippen molar-refractivity contribution >= 4 is 28.3 Å². The number of hydrogen-bond acceptors (Lipinski definition) is 2. The van der Waals surface area contributed by atoms with Crippen LogP contribution in [-0.4, -0.2) is 17.2 Å². The highest BCUT2D eigenvalue weighted by molar-refractivity contribution is 6.31. The van der Waals surface area contributed by atoms with Gasteiger partial charge in [-0.3, -0.25) is 0 Å². The Balaban J connectivity index is 1.85. The van der Waals surface area contributed by atoms with Gasteiger partial charge >= 0.3 is 5.97 Å². The monoisotopic (exact) mass is 340 g/mol. The van der Waals surface area contributed by atoms with Gasteiger partial charge in [0.25, 0.3) is 0 Å². The van der Waals surface area contributed by atoms with E-state index in [-0.39, 0.29) is 6.42 Å². The zero-order valence-corrected chi connectivity index (χ0v) is 14.0. The molecule has 3 rings (SSSR count). The van der Waals surface area contributed by atoms with E-state index in [1.54, 1.807) is 12.1 Å². The molecule has 3 aromatic rings. The number of fused-ring (bicyclic) bond motifs is 1. The summed E-state index contributed by atoms with van der Waals surface area (Å²) in [6, 6.07) is 18.9. The molecular formula is C20H17ClO3. The lowest BCUT2D eigenvalue weighted by Crippen LogP contribution is -2.29.